The second-order valence-corrected chi connectivity index (χ2v) is 2.54. The van der Waals surface area contributed by atoms with E-state index in [1.54, 1.807) is 0 Å². The number of rotatable bonds is 4. The first-order chi connectivity index (χ1) is 7.88. The predicted octanol–water partition coefficient (Wildman–Crippen LogP) is 3.59. The maximum Gasteiger partial charge on any atom is 0.293 e. The fourth-order valence-electron chi connectivity index (χ4n) is 1.15. The van der Waals surface area contributed by atoms with Crippen LogP contribution >= 0.6 is 0 Å². The van der Waals surface area contributed by atoms with Crippen LogP contribution in [-0.4, -0.2) is 6.47 Å². The minimum atomic E-state index is -0.0938. The predicted molar refractivity (Wildman–Crippen MR) is 67.9 cm³/mol. The van der Waals surface area contributed by atoms with Crippen LogP contribution in [0.15, 0.2) is 30.3 Å². The van der Waals surface area contributed by atoms with Crippen molar-refractivity contribution in [2.24, 2.45) is 0 Å². The van der Waals surface area contributed by atoms with Gasteiger partial charge in [-0.3, -0.25) is 4.79 Å². The Kier molecular flexibility index (Phi) is 13.8. The molecule has 0 aliphatic heterocycles. The van der Waals surface area contributed by atoms with Crippen molar-refractivity contribution in [1.29, 1.82) is 0 Å². The monoisotopic (exact) mass is 220 g/mol. The lowest BCUT2D eigenvalue weighted by Crippen LogP contribution is -2.00. The smallest absolute Gasteiger partial charge is 0.293 e. The third-order valence-electron chi connectivity index (χ3n) is 1.76. The van der Waals surface area contributed by atoms with Gasteiger partial charge in [0.2, 0.25) is 0 Å². The van der Waals surface area contributed by atoms with E-state index in [1.165, 1.54) is 0 Å². The van der Waals surface area contributed by atoms with Crippen LogP contribution in [-0.2, 0) is 9.53 Å². The Labute approximate surface area is 98.6 Å². The van der Waals surface area contributed by atoms with Crippen LogP contribution < -0.4 is 0 Å². The van der Waals surface area contributed by atoms with Gasteiger partial charge in [0.1, 0.15) is 6.10 Å². The molecule has 0 N–H and O–H groups in total. The summed E-state index contributed by atoms with van der Waals surface area (Å²) in [4.78, 5) is 10.1. The van der Waals surface area contributed by atoms with Gasteiger partial charge in [0.25, 0.3) is 6.47 Å². The summed E-state index contributed by atoms with van der Waals surface area (Å²) in [6.45, 7) is 6.49. The van der Waals surface area contributed by atoms with Crippen molar-refractivity contribution < 1.29 is 9.53 Å². The molecule has 0 saturated heterocycles. The summed E-state index contributed by atoms with van der Waals surface area (Å²) < 4.78 is 4.90. The van der Waals surface area contributed by atoms with Crippen molar-refractivity contribution in [3.63, 3.8) is 0 Å². The van der Waals surface area contributed by atoms with Gasteiger partial charge in [0, 0.05) is 0 Å². The first-order valence-electron chi connectivity index (χ1n) is 5.36. The average molecular weight is 220 g/mol. The molecule has 0 aliphatic rings. The van der Waals surface area contributed by atoms with Gasteiger partial charge in [-0.25, -0.2) is 0 Å². The van der Waals surface area contributed by atoms with Gasteiger partial charge in [0.05, 0.1) is 0 Å². The summed E-state index contributed by atoms with van der Waals surface area (Å²) in [6, 6.07) is 9.73. The molecule has 0 bridgehead atoms. The number of ether oxygens (including phenoxy) is 1. The highest BCUT2D eigenvalue weighted by atomic mass is 16.5. The number of hydrogen-bond donors (Lipinski definition) is 0. The van der Waals surface area contributed by atoms with E-state index < -0.39 is 0 Å². The molecule has 2 nitrogen and oxygen atoms in total. The van der Waals surface area contributed by atoms with Gasteiger partial charge in [-0.2, -0.15) is 0 Å². The van der Waals surface area contributed by atoms with Crippen molar-refractivity contribution in [3.05, 3.63) is 35.9 Å². The first-order valence-corrected chi connectivity index (χ1v) is 5.36. The Morgan fingerprint density at radius 1 is 1.25 bits per heavy atom. The summed E-state index contributed by atoms with van der Waals surface area (Å²) in [6.07, 6.45) is 8.71. The molecule has 88 valence electrons. The molecule has 1 aromatic carbocycles. The molecule has 0 radical (unpaired) electrons. The summed E-state index contributed by atoms with van der Waals surface area (Å²) >= 11 is 0. The number of hydrogen-bond acceptors (Lipinski definition) is 2. The standard InChI is InChI=1S/C10H12O2.C2H6.C2H2/c1-2-10(12-8-11)9-6-4-3-5-7-9;2*1-2/h3-8,10H,2H2,1H3;1-2H3;1-2H/t10-;;/m1../s1. The molecule has 0 amide bonds. The number of carbonyl (C=O) groups excluding carboxylic acids is 1. The quantitative estimate of drug-likeness (QED) is 0.572. The molecule has 0 unspecified atom stereocenters. The number of carbonyl (C=O) groups is 1. The van der Waals surface area contributed by atoms with Gasteiger partial charge < -0.3 is 4.74 Å². The molecule has 16 heavy (non-hydrogen) atoms. The molecule has 0 fully saturated rings. The van der Waals surface area contributed by atoms with Crippen LogP contribution in [0.1, 0.15) is 38.9 Å². The van der Waals surface area contributed by atoms with E-state index >= 15 is 0 Å². The second-order valence-electron chi connectivity index (χ2n) is 2.54. The van der Waals surface area contributed by atoms with Gasteiger partial charge in [0.15, 0.2) is 0 Å². The Bertz CT molecular complexity index is 265. The Morgan fingerprint density at radius 2 is 1.75 bits per heavy atom. The van der Waals surface area contributed by atoms with E-state index in [1.807, 2.05) is 51.1 Å². The number of benzene rings is 1. The van der Waals surface area contributed by atoms with Crippen LogP contribution in [0.4, 0.5) is 0 Å². The van der Waals surface area contributed by atoms with Gasteiger partial charge in [-0.15, -0.1) is 12.8 Å². The normalized spacial score (nSPS) is 9.56. The molecule has 2 heteroatoms. The SMILES string of the molecule is C#C.CC.CC[C@@H](OC=O)c1ccccc1. The Balaban J connectivity index is 0. The molecule has 0 spiro atoms. The molecule has 0 aromatic heterocycles. The zero-order valence-corrected chi connectivity index (χ0v) is 10.2. The molecule has 0 saturated carbocycles. The molecule has 0 heterocycles. The lowest BCUT2D eigenvalue weighted by atomic mass is 10.1. The van der Waals surface area contributed by atoms with Crippen LogP contribution in [0.5, 0.6) is 0 Å². The van der Waals surface area contributed by atoms with Gasteiger partial charge >= 0.3 is 0 Å². The van der Waals surface area contributed by atoms with E-state index in [-0.39, 0.29) is 6.10 Å². The molecule has 1 aromatic rings. The van der Waals surface area contributed by atoms with Crippen molar-refractivity contribution in [3.8, 4) is 12.8 Å². The fourth-order valence-corrected chi connectivity index (χ4v) is 1.15. The lowest BCUT2D eigenvalue weighted by molar-refractivity contribution is -0.134. The Morgan fingerprint density at radius 3 is 2.12 bits per heavy atom. The zero-order chi connectivity index (χ0) is 12.8. The molecule has 1 rings (SSSR count). The fraction of sp³-hybridized carbons (Fsp3) is 0.357. The summed E-state index contributed by atoms with van der Waals surface area (Å²) in [5.41, 5.74) is 1.05. The molecule has 1 atom stereocenters. The van der Waals surface area contributed by atoms with Crippen molar-refractivity contribution in [2.75, 3.05) is 0 Å². The van der Waals surface area contributed by atoms with Crippen LogP contribution in [0.25, 0.3) is 0 Å². The van der Waals surface area contributed by atoms with Crippen LogP contribution in [0.3, 0.4) is 0 Å². The van der Waals surface area contributed by atoms with Crippen molar-refractivity contribution in [1.82, 2.24) is 0 Å². The summed E-state index contributed by atoms with van der Waals surface area (Å²) in [7, 11) is 0. The van der Waals surface area contributed by atoms with E-state index in [0.29, 0.717) is 6.47 Å². The third-order valence-corrected chi connectivity index (χ3v) is 1.76. The molecular weight excluding hydrogens is 200 g/mol. The van der Waals surface area contributed by atoms with E-state index in [4.69, 9.17) is 4.74 Å². The molecule has 0 aliphatic carbocycles. The maximum absolute atomic E-state index is 10.1. The number of terminal acetylenes is 1. The van der Waals surface area contributed by atoms with Crippen molar-refractivity contribution in [2.45, 2.75) is 33.3 Å². The largest absolute Gasteiger partial charge is 0.460 e. The van der Waals surface area contributed by atoms with Gasteiger partial charge in [-0.1, -0.05) is 51.1 Å². The second kappa shape index (κ2) is 13.2. The summed E-state index contributed by atoms with van der Waals surface area (Å²) in [5.74, 6) is 0. The van der Waals surface area contributed by atoms with Crippen LogP contribution in [0, 0.1) is 12.8 Å². The molecular formula is C14H20O2. The van der Waals surface area contributed by atoms with E-state index in [9.17, 15) is 4.79 Å². The topological polar surface area (TPSA) is 26.3 Å². The maximum atomic E-state index is 10.1. The van der Waals surface area contributed by atoms with E-state index in [0.717, 1.165) is 12.0 Å². The average Bonchev–Trinajstić information content (AvgIpc) is 2.41. The van der Waals surface area contributed by atoms with Gasteiger partial charge in [-0.05, 0) is 12.0 Å². The zero-order valence-electron chi connectivity index (χ0n) is 10.2. The van der Waals surface area contributed by atoms with Crippen molar-refractivity contribution >= 4 is 6.47 Å². The summed E-state index contributed by atoms with van der Waals surface area (Å²) in [5, 5.41) is 0. The highest BCUT2D eigenvalue weighted by molar-refractivity contribution is 5.38. The highest BCUT2D eigenvalue weighted by Crippen LogP contribution is 2.18. The first kappa shape index (κ1) is 16.7. The third kappa shape index (κ3) is 6.67. The minimum Gasteiger partial charge on any atom is -0.460 e. The Hall–Kier alpha value is -1.75. The minimum absolute atomic E-state index is 0.0938. The lowest BCUT2D eigenvalue weighted by Gasteiger charge is -2.12. The van der Waals surface area contributed by atoms with E-state index in [2.05, 4.69) is 12.8 Å². The highest BCUT2D eigenvalue weighted by Gasteiger charge is 2.07. The van der Waals surface area contributed by atoms with Crippen LogP contribution in [0.2, 0.25) is 0 Å².